The van der Waals surface area contributed by atoms with Gasteiger partial charge in [0.1, 0.15) is 0 Å². The van der Waals surface area contributed by atoms with Crippen molar-refractivity contribution < 1.29 is 0 Å². The van der Waals surface area contributed by atoms with Gasteiger partial charge in [-0.05, 0) is 49.9 Å². The van der Waals surface area contributed by atoms with Gasteiger partial charge in [0.25, 0.3) is 0 Å². The topological polar surface area (TPSA) is 0 Å². The molecule has 10 heavy (non-hydrogen) atoms. The monoisotopic (exact) mass is 136 g/mol. The first-order valence-corrected chi connectivity index (χ1v) is 4.52. The predicted octanol–water partition coefficient (Wildman–Crippen LogP) is 3.00. The normalized spacial score (nSPS) is 45.4. The lowest BCUT2D eigenvalue weighted by Gasteiger charge is -2.43. The Kier molecular flexibility index (Phi) is 1.55. The highest BCUT2D eigenvalue weighted by Crippen LogP contribution is 2.46. The molecule has 0 aromatic carbocycles. The Morgan fingerprint density at radius 3 is 2.20 bits per heavy atom. The van der Waals surface area contributed by atoms with Crippen LogP contribution in [0.15, 0.2) is 12.7 Å². The van der Waals surface area contributed by atoms with Gasteiger partial charge in [0.05, 0.1) is 0 Å². The summed E-state index contributed by atoms with van der Waals surface area (Å²) in [6.45, 7) is 3.87. The van der Waals surface area contributed by atoms with Crippen molar-refractivity contribution in [2.45, 2.75) is 32.1 Å². The summed E-state index contributed by atoms with van der Waals surface area (Å²) in [6, 6.07) is 0. The second-order valence-corrected chi connectivity index (χ2v) is 3.91. The number of allylic oxidation sites excluding steroid dienone is 1. The van der Waals surface area contributed by atoms with Crippen LogP contribution in [0.1, 0.15) is 32.1 Å². The summed E-state index contributed by atoms with van der Waals surface area (Å²) >= 11 is 0. The van der Waals surface area contributed by atoms with E-state index in [1.165, 1.54) is 32.1 Å². The van der Waals surface area contributed by atoms with Crippen molar-refractivity contribution >= 4 is 0 Å². The molecule has 0 spiro atoms. The zero-order chi connectivity index (χ0) is 6.97. The van der Waals surface area contributed by atoms with E-state index >= 15 is 0 Å². The van der Waals surface area contributed by atoms with Crippen LogP contribution in [0.25, 0.3) is 0 Å². The molecular formula is C10H16. The molecule has 0 heterocycles. The van der Waals surface area contributed by atoms with Crippen LogP contribution in [0.5, 0.6) is 0 Å². The fourth-order valence-electron chi connectivity index (χ4n) is 2.48. The van der Waals surface area contributed by atoms with E-state index in [4.69, 9.17) is 0 Å². The number of fused-ring (bicyclic) bond motifs is 1. The van der Waals surface area contributed by atoms with Crippen LogP contribution >= 0.6 is 0 Å². The molecule has 0 aliphatic heterocycles. The summed E-state index contributed by atoms with van der Waals surface area (Å²) in [6.07, 6.45) is 9.55. The van der Waals surface area contributed by atoms with E-state index in [-0.39, 0.29) is 0 Å². The lowest BCUT2D eigenvalue weighted by Crippen LogP contribution is -2.32. The van der Waals surface area contributed by atoms with Gasteiger partial charge in [-0.3, -0.25) is 0 Å². The molecule has 0 aromatic rings. The molecule has 0 heteroatoms. The SMILES string of the molecule is C=CC1CCC2CCC2C1. The maximum Gasteiger partial charge on any atom is -0.0233 e. The zero-order valence-electron chi connectivity index (χ0n) is 6.55. The van der Waals surface area contributed by atoms with E-state index in [1.54, 1.807) is 0 Å². The van der Waals surface area contributed by atoms with Crippen molar-refractivity contribution in [2.75, 3.05) is 0 Å². The zero-order valence-corrected chi connectivity index (χ0v) is 6.55. The van der Waals surface area contributed by atoms with Crippen molar-refractivity contribution in [3.05, 3.63) is 12.7 Å². The summed E-state index contributed by atoms with van der Waals surface area (Å²) < 4.78 is 0. The molecule has 2 fully saturated rings. The molecule has 0 bridgehead atoms. The molecule has 0 aromatic heterocycles. The largest absolute Gasteiger partial charge is 0.103 e. The molecule has 0 radical (unpaired) electrons. The highest BCUT2D eigenvalue weighted by Gasteiger charge is 2.35. The van der Waals surface area contributed by atoms with Gasteiger partial charge in [0.15, 0.2) is 0 Å². The summed E-state index contributed by atoms with van der Waals surface area (Å²) in [4.78, 5) is 0. The Bertz CT molecular complexity index is 137. The van der Waals surface area contributed by atoms with E-state index in [1.807, 2.05) is 0 Å². The highest BCUT2D eigenvalue weighted by molar-refractivity contribution is 4.92. The van der Waals surface area contributed by atoms with Crippen molar-refractivity contribution in [3.63, 3.8) is 0 Å². The maximum absolute atomic E-state index is 3.87. The van der Waals surface area contributed by atoms with Crippen molar-refractivity contribution in [1.82, 2.24) is 0 Å². The average Bonchev–Trinajstić information content (AvgIpc) is 1.92. The quantitative estimate of drug-likeness (QED) is 0.486. The second-order valence-electron chi connectivity index (χ2n) is 3.91. The van der Waals surface area contributed by atoms with E-state index in [2.05, 4.69) is 12.7 Å². The van der Waals surface area contributed by atoms with E-state index in [0.29, 0.717) is 0 Å². The van der Waals surface area contributed by atoms with Crippen LogP contribution in [0.2, 0.25) is 0 Å². The molecule has 2 aliphatic carbocycles. The van der Waals surface area contributed by atoms with Crippen LogP contribution in [-0.2, 0) is 0 Å². The fraction of sp³-hybridized carbons (Fsp3) is 0.800. The highest BCUT2D eigenvalue weighted by atomic mass is 14.4. The number of hydrogen-bond acceptors (Lipinski definition) is 0. The van der Waals surface area contributed by atoms with Crippen molar-refractivity contribution in [2.24, 2.45) is 17.8 Å². The minimum atomic E-state index is 0.863. The summed E-state index contributed by atoms with van der Waals surface area (Å²) in [5.41, 5.74) is 0. The molecular weight excluding hydrogens is 120 g/mol. The Balaban J connectivity index is 1.92. The summed E-state index contributed by atoms with van der Waals surface area (Å²) in [7, 11) is 0. The molecule has 2 rings (SSSR count). The second kappa shape index (κ2) is 2.41. The van der Waals surface area contributed by atoms with Crippen LogP contribution in [0.3, 0.4) is 0 Å². The minimum Gasteiger partial charge on any atom is -0.103 e. The average molecular weight is 136 g/mol. The van der Waals surface area contributed by atoms with Gasteiger partial charge < -0.3 is 0 Å². The fourth-order valence-corrected chi connectivity index (χ4v) is 2.48. The van der Waals surface area contributed by atoms with Gasteiger partial charge in [-0.25, -0.2) is 0 Å². The van der Waals surface area contributed by atoms with E-state index < -0.39 is 0 Å². The first-order valence-electron chi connectivity index (χ1n) is 4.52. The van der Waals surface area contributed by atoms with Gasteiger partial charge >= 0.3 is 0 Å². The van der Waals surface area contributed by atoms with Crippen LogP contribution in [0.4, 0.5) is 0 Å². The lowest BCUT2D eigenvalue weighted by molar-refractivity contribution is 0.0940. The third-order valence-corrected chi connectivity index (χ3v) is 3.42. The maximum atomic E-state index is 3.87. The van der Waals surface area contributed by atoms with E-state index in [0.717, 1.165) is 17.8 Å². The Hall–Kier alpha value is -0.260. The van der Waals surface area contributed by atoms with Gasteiger partial charge in [-0.1, -0.05) is 6.08 Å². The molecule has 0 amide bonds. The van der Waals surface area contributed by atoms with Crippen LogP contribution < -0.4 is 0 Å². The van der Waals surface area contributed by atoms with Gasteiger partial charge in [-0.15, -0.1) is 6.58 Å². The Morgan fingerprint density at radius 1 is 1.00 bits per heavy atom. The van der Waals surface area contributed by atoms with Crippen molar-refractivity contribution in [1.29, 1.82) is 0 Å². The molecule has 3 unspecified atom stereocenters. The smallest absolute Gasteiger partial charge is 0.0233 e. The predicted molar refractivity (Wildman–Crippen MR) is 43.8 cm³/mol. The van der Waals surface area contributed by atoms with Gasteiger partial charge in [0.2, 0.25) is 0 Å². The molecule has 0 saturated heterocycles. The van der Waals surface area contributed by atoms with Crippen LogP contribution in [0, 0.1) is 17.8 Å². The molecule has 2 saturated carbocycles. The lowest BCUT2D eigenvalue weighted by atomic mass is 9.63. The minimum absolute atomic E-state index is 0.863. The molecule has 56 valence electrons. The molecule has 2 aliphatic rings. The summed E-state index contributed by atoms with van der Waals surface area (Å²) in [5.74, 6) is 3.08. The Morgan fingerprint density at radius 2 is 1.70 bits per heavy atom. The third-order valence-electron chi connectivity index (χ3n) is 3.42. The number of rotatable bonds is 1. The first kappa shape index (κ1) is 6.45. The third kappa shape index (κ3) is 0.902. The summed E-state index contributed by atoms with van der Waals surface area (Å²) in [5, 5.41) is 0. The van der Waals surface area contributed by atoms with E-state index in [9.17, 15) is 0 Å². The van der Waals surface area contributed by atoms with Gasteiger partial charge in [-0.2, -0.15) is 0 Å². The van der Waals surface area contributed by atoms with Crippen molar-refractivity contribution in [3.8, 4) is 0 Å². The molecule has 0 N–H and O–H groups in total. The number of hydrogen-bond donors (Lipinski definition) is 0. The van der Waals surface area contributed by atoms with Crippen LogP contribution in [-0.4, -0.2) is 0 Å². The first-order chi connectivity index (χ1) is 4.90. The molecule has 0 nitrogen and oxygen atoms in total. The standard InChI is InChI=1S/C10H16/c1-2-8-3-4-9-5-6-10(9)7-8/h2,8-10H,1,3-7H2. The Labute approximate surface area is 63.3 Å². The molecule has 3 atom stereocenters. The van der Waals surface area contributed by atoms with Gasteiger partial charge in [0, 0.05) is 0 Å².